The number of ketones is 1. The highest BCUT2D eigenvalue weighted by atomic mass is 19.1. The van der Waals surface area contributed by atoms with E-state index in [4.69, 9.17) is 4.74 Å². The van der Waals surface area contributed by atoms with E-state index >= 15 is 4.39 Å². The normalized spacial score (nSPS) is 44.9. The molecule has 0 spiro atoms. The standard InChI is InChI=1S/C27H39FO3/c1-26-14-13-19(29)15-18(26)8-9-20-21-10-11-23(27(21,2)16-22(28)25(20)26)31-24(30)12-7-17-5-3-4-6-17/h15,17,20-23,25H,3-14,16H2,1-2H3/t20-,21-,22-,23-,25+,26-,27-/m0/s1. The summed E-state index contributed by atoms with van der Waals surface area (Å²) in [6, 6.07) is 0. The molecule has 5 rings (SSSR count). The van der Waals surface area contributed by atoms with E-state index in [0.717, 1.165) is 38.5 Å². The Kier molecular flexibility index (Phi) is 5.58. The summed E-state index contributed by atoms with van der Waals surface area (Å²) in [5, 5.41) is 0. The summed E-state index contributed by atoms with van der Waals surface area (Å²) in [7, 11) is 0. The Morgan fingerprint density at radius 2 is 1.90 bits per heavy atom. The Morgan fingerprint density at radius 1 is 1.13 bits per heavy atom. The molecule has 4 saturated carbocycles. The number of alkyl halides is 1. The molecule has 5 aliphatic rings. The van der Waals surface area contributed by atoms with Crippen molar-refractivity contribution in [2.24, 2.45) is 34.5 Å². The summed E-state index contributed by atoms with van der Waals surface area (Å²) in [4.78, 5) is 24.7. The summed E-state index contributed by atoms with van der Waals surface area (Å²) in [6.07, 6.45) is 13.1. The highest BCUT2D eigenvalue weighted by molar-refractivity contribution is 5.91. The number of fused-ring (bicyclic) bond motifs is 5. The van der Waals surface area contributed by atoms with Crippen LogP contribution in [0.4, 0.5) is 4.39 Å². The van der Waals surface area contributed by atoms with E-state index in [2.05, 4.69) is 13.8 Å². The first-order valence-corrected chi connectivity index (χ1v) is 12.9. The molecule has 0 aromatic heterocycles. The van der Waals surface area contributed by atoms with Gasteiger partial charge in [-0.15, -0.1) is 0 Å². The average molecular weight is 431 g/mol. The average Bonchev–Trinajstić information content (AvgIpc) is 3.35. The Balaban J connectivity index is 1.29. The summed E-state index contributed by atoms with van der Waals surface area (Å²) in [6.45, 7) is 4.41. The van der Waals surface area contributed by atoms with Gasteiger partial charge in [-0.25, -0.2) is 4.39 Å². The van der Waals surface area contributed by atoms with Gasteiger partial charge in [0.2, 0.25) is 0 Å². The van der Waals surface area contributed by atoms with E-state index < -0.39 is 6.17 Å². The van der Waals surface area contributed by atoms with Crippen LogP contribution in [0.5, 0.6) is 0 Å². The molecule has 5 aliphatic carbocycles. The van der Waals surface area contributed by atoms with E-state index in [0.29, 0.717) is 37.0 Å². The molecule has 0 aromatic carbocycles. The van der Waals surface area contributed by atoms with Gasteiger partial charge in [-0.1, -0.05) is 45.1 Å². The molecular weight excluding hydrogens is 391 g/mol. The fraction of sp³-hybridized carbons (Fsp3) is 0.852. The van der Waals surface area contributed by atoms with Crippen molar-refractivity contribution in [1.82, 2.24) is 0 Å². The molecule has 3 nitrogen and oxygen atoms in total. The predicted molar refractivity (Wildman–Crippen MR) is 118 cm³/mol. The number of halogens is 1. The monoisotopic (exact) mass is 430 g/mol. The van der Waals surface area contributed by atoms with Gasteiger partial charge in [-0.3, -0.25) is 9.59 Å². The number of hydrogen-bond donors (Lipinski definition) is 0. The molecular formula is C27H39FO3. The van der Waals surface area contributed by atoms with Gasteiger partial charge in [0.05, 0.1) is 0 Å². The lowest BCUT2D eigenvalue weighted by Crippen LogP contribution is -2.56. The van der Waals surface area contributed by atoms with Crippen LogP contribution >= 0.6 is 0 Å². The van der Waals surface area contributed by atoms with E-state index in [9.17, 15) is 9.59 Å². The maximum atomic E-state index is 15.9. The smallest absolute Gasteiger partial charge is 0.306 e. The third-order valence-corrected chi connectivity index (χ3v) is 10.3. The zero-order valence-electron chi connectivity index (χ0n) is 19.3. The van der Waals surface area contributed by atoms with Crippen LogP contribution in [0.1, 0.15) is 97.3 Å². The zero-order chi connectivity index (χ0) is 21.8. The predicted octanol–water partition coefficient (Wildman–Crippen LogP) is 6.35. The number of allylic oxidation sites excluding steroid dienone is 1. The number of esters is 1. The first-order chi connectivity index (χ1) is 14.8. The van der Waals surface area contributed by atoms with E-state index in [1.54, 1.807) is 0 Å². The van der Waals surface area contributed by atoms with Gasteiger partial charge in [0, 0.05) is 24.2 Å². The SMILES string of the molecule is C[C@]12C[C@H](F)[C@H]3[C@@H](CCC4=CC(=O)CC[C@@]43C)[C@@H]1CC[C@@H]2OC(=O)CCC1CCCC1. The van der Waals surface area contributed by atoms with Gasteiger partial charge in [-0.2, -0.15) is 0 Å². The number of rotatable bonds is 4. The maximum absolute atomic E-state index is 15.9. The zero-order valence-corrected chi connectivity index (χ0v) is 19.3. The number of carbonyl (C=O) groups excluding carboxylic acids is 2. The van der Waals surface area contributed by atoms with Crippen molar-refractivity contribution in [1.29, 1.82) is 0 Å². The third-order valence-electron chi connectivity index (χ3n) is 10.3. The molecule has 7 atom stereocenters. The highest BCUT2D eigenvalue weighted by Gasteiger charge is 2.63. The van der Waals surface area contributed by atoms with Gasteiger partial charge >= 0.3 is 5.97 Å². The minimum Gasteiger partial charge on any atom is -0.462 e. The second-order valence-corrected chi connectivity index (χ2v) is 11.9. The Hall–Kier alpha value is -1.19. The van der Waals surface area contributed by atoms with Gasteiger partial charge in [0.1, 0.15) is 12.3 Å². The molecule has 0 heterocycles. The van der Waals surface area contributed by atoms with Crippen molar-refractivity contribution >= 4 is 11.8 Å². The van der Waals surface area contributed by atoms with Crippen molar-refractivity contribution in [3.8, 4) is 0 Å². The second kappa shape index (κ2) is 7.99. The third kappa shape index (κ3) is 3.60. The molecule has 0 saturated heterocycles. The van der Waals surface area contributed by atoms with Gasteiger partial charge in [0.25, 0.3) is 0 Å². The molecule has 4 fully saturated rings. The molecule has 4 heteroatoms. The van der Waals surface area contributed by atoms with Crippen molar-refractivity contribution in [2.45, 2.75) is 110 Å². The Bertz CT molecular complexity index is 768. The van der Waals surface area contributed by atoms with Crippen LogP contribution in [0.15, 0.2) is 11.6 Å². The summed E-state index contributed by atoms with van der Waals surface area (Å²) in [5.41, 5.74) is 0.781. The lowest BCUT2D eigenvalue weighted by atomic mass is 9.47. The van der Waals surface area contributed by atoms with Crippen LogP contribution in [-0.2, 0) is 14.3 Å². The quantitative estimate of drug-likeness (QED) is 0.488. The van der Waals surface area contributed by atoms with Crippen molar-refractivity contribution < 1.29 is 18.7 Å². The van der Waals surface area contributed by atoms with Gasteiger partial charge in [0.15, 0.2) is 5.78 Å². The second-order valence-electron chi connectivity index (χ2n) is 11.9. The summed E-state index contributed by atoms with van der Waals surface area (Å²) in [5.74, 6) is 1.61. The van der Waals surface area contributed by atoms with Crippen LogP contribution < -0.4 is 0 Å². The molecule has 0 unspecified atom stereocenters. The van der Waals surface area contributed by atoms with Crippen molar-refractivity contribution in [2.75, 3.05) is 0 Å². The van der Waals surface area contributed by atoms with Gasteiger partial charge < -0.3 is 4.74 Å². The molecule has 0 aromatic rings. The molecule has 31 heavy (non-hydrogen) atoms. The van der Waals surface area contributed by atoms with Gasteiger partial charge in [-0.05, 0) is 74.2 Å². The number of hydrogen-bond acceptors (Lipinski definition) is 3. The molecule has 0 amide bonds. The summed E-state index contributed by atoms with van der Waals surface area (Å²) >= 11 is 0. The van der Waals surface area contributed by atoms with E-state index in [1.165, 1.54) is 31.3 Å². The molecule has 0 radical (unpaired) electrons. The molecule has 0 bridgehead atoms. The number of carbonyl (C=O) groups is 2. The lowest BCUT2D eigenvalue weighted by molar-refractivity contribution is -0.165. The van der Waals surface area contributed by atoms with Crippen LogP contribution in [0.2, 0.25) is 0 Å². The first kappa shape index (κ1) is 21.6. The minimum atomic E-state index is -0.883. The van der Waals surface area contributed by atoms with Crippen LogP contribution in [0.25, 0.3) is 0 Å². The Labute approximate surface area is 186 Å². The molecule has 0 aliphatic heterocycles. The van der Waals surface area contributed by atoms with Crippen molar-refractivity contribution in [3.05, 3.63) is 11.6 Å². The Morgan fingerprint density at radius 3 is 2.68 bits per heavy atom. The molecule has 172 valence electrons. The van der Waals surface area contributed by atoms with E-state index in [-0.39, 0.29) is 34.6 Å². The van der Waals surface area contributed by atoms with Crippen LogP contribution in [0.3, 0.4) is 0 Å². The van der Waals surface area contributed by atoms with Crippen LogP contribution in [0, 0.1) is 34.5 Å². The van der Waals surface area contributed by atoms with Crippen molar-refractivity contribution in [3.63, 3.8) is 0 Å². The largest absolute Gasteiger partial charge is 0.462 e. The molecule has 0 N–H and O–H groups in total. The lowest BCUT2D eigenvalue weighted by Gasteiger charge is -2.58. The summed E-state index contributed by atoms with van der Waals surface area (Å²) < 4.78 is 22.0. The maximum Gasteiger partial charge on any atom is 0.306 e. The highest BCUT2D eigenvalue weighted by Crippen LogP contribution is 2.66. The fourth-order valence-electron chi connectivity index (χ4n) is 8.60. The van der Waals surface area contributed by atoms with E-state index in [1.807, 2.05) is 6.08 Å². The topological polar surface area (TPSA) is 43.4 Å². The minimum absolute atomic E-state index is 0.00972. The first-order valence-electron chi connectivity index (χ1n) is 12.9. The van der Waals surface area contributed by atoms with Crippen LogP contribution in [-0.4, -0.2) is 24.0 Å². The fourth-order valence-corrected chi connectivity index (χ4v) is 8.60. The number of ether oxygens (including phenoxy) is 1.